The van der Waals surface area contributed by atoms with Gasteiger partial charge in [-0.2, -0.15) is 0 Å². The summed E-state index contributed by atoms with van der Waals surface area (Å²) in [6, 6.07) is 10.5. The number of methoxy groups -OCH3 is 1. The third kappa shape index (κ3) is 6.85. The minimum Gasteiger partial charge on any atom is -0.495 e. The highest BCUT2D eigenvalue weighted by Crippen LogP contribution is 2.31. The predicted molar refractivity (Wildman–Crippen MR) is 125 cm³/mol. The summed E-state index contributed by atoms with van der Waals surface area (Å²) in [7, 11) is 1.39. The van der Waals surface area contributed by atoms with E-state index in [-0.39, 0.29) is 16.5 Å². The van der Waals surface area contributed by atoms with Crippen LogP contribution in [0.3, 0.4) is 0 Å². The second kappa shape index (κ2) is 10.5. The van der Waals surface area contributed by atoms with Crippen molar-refractivity contribution in [3.8, 4) is 5.75 Å². The van der Waals surface area contributed by atoms with Crippen LogP contribution in [0.5, 0.6) is 5.75 Å². The number of non-ortho nitro benzene ring substituents is 1. The first-order valence-corrected chi connectivity index (χ1v) is 10.4. The summed E-state index contributed by atoms with van der Waals surface area (Å²) in [5.74, 6) is -0.212. The Balaban J connectivity index is 2.16. The molecule has 1 atom stereocenters. The largest absolute Gasteiger partial charge is 0.495 e. The fourth-order valence-electron chi connectivity index (χ4n) is 2.21. The summed E-state index contributed by atoms with van der Waals surface area (Å²) in [5, 5.41) is 18.9. The first-order valence-electron chi connectivity index (χ1n) is 8.04. The van der Waals surface area contributed by atoms with Gasteiger partial charge in [-0.3, -0.25) is 14.9 Å². The third-order valence-corrected chi connectivity index (χ3v) is 5.03. The first kappa shape index (κ1) is 24.4. The van der Waals surface area contributed by atoms with Crippen molar-refractivity contribution in [1.82, 2.24) is 10.6 Å². The Morgan fingerprint density at radius 3 is 2.37 bits per heavy atom. The molecule has 160 valence electrons. The Bertz CT molecular complexity index is 957. The van der Waals surface area contributed by atoms with Crippen LogP contribution < -0.4 is 20.7 Å². The van der Waals surface area contributed by atoms with E-state index < -0.39 is 20.8 Å². The molecule has 0 unspecified atom stereocenters. The lowest BCUT2D eigenvalue weighted by Gasteiger charge is -2.28. The molecule has 2 aromatic rings. The lowest BCUT2D eigenvalue weighted by molar-refractivity contribution is -0.384. The number of nitro groups is 1. The minimum atomic E-state index is -1.97. The fourth-order valence-corrected chi connectivity index (χ4v) is 3.03. The number of nitrogens with zero attached hydrogens (tertiary/aromatic N) is 1. The predicted octanol–water partition coefficient (Wildman–Crippen LogP) is 4.78. The summed E-state index contributed by atoms with van der Waals surface area (Å²) in [6.45, 7) is 0. The Labute approximate surface area is 200 Å². The van der Waals surface area contributed by atoms with Gasteiger partial charge in [0.2, 0.25) is 3.79 Å². The first-order chi connectivity index (χ1) is 14.0. The lowest BCUT2D eigenvalue weighted by atomic mass is 10.2. The number of anilines is 1. The van der Waals surface area contributed by atoms with Crippen LogP contribution in [0, 0.1) is 10.1 Å². The normalized spacial score (nSPS) is 11.9. The number of alkyl halides is 3. The number of nitro benzene ring substituents is 1. The zero-order valence-corrected chi connectivity index (χ0v) is 19.8. The van der Waals surface area contributed by atoms with Gasteiger partial charge >= 0.3 is 0 Å². The Kier molecular flexibility index (Phi) is 8.51. The van der Waals surface area contributed by atoms with Crippen molar-refractivity contribution in [1.29, 1.82) is 0 Å². The number of benzene rings is 2. The third-order valence-electron chi connectivity index (χ3n) is 3.63. The van der Waals surface area contributed by atoms with Gasteiger partial charge in [0.1, 0.15) is 11.9 Å². The van der Waals surface area contributed by atoms with Crippen LogP contribution in [-0.4, -0.2) is 33.0 Å². The van der Waals surface area contributed by atoms with Gasteiger partial charge in [0.05, 0.1) is 17.7 Å². The van der Waals surface area contributed by atoms with Crippen LogP contribution in [0.25, 0.3) is 0 Å². The number of hydrogen-bond donors (Lipinski definition) is 3. The zero-order valence-electron chi connectivity index (χ0n) is 15.1. The molecule has 0 saturated carbocycles. The number of ether oxygens (including phenoxy) is 1. The van der Waals surface area contributed by atoms with E-state index in [1.54, 1.807) is 24.3 Å². The van der Waals surface area contributed by atoms with E-state index in [0.717, 1.165) is 4.47 Å². The van der Waals surface area contributed by atoms with Gasteiger partial charge in [-0.25, -0.2) is 0 Å². The summed E-state index contributed by atoms with van der Waals surface area (Å²) in [6.07, 6.45) is -1.22. The van der Waals surface area contributed by atoms with Gasteiger partial charge in [-0.1, -0.05) is 50.7 Å². The molecule has 0 aliphatic carbocycles. The number of amides is 1. The van der Waals surface area contributed by atoms with Crippen LogP contribution >= 0.6 is 63.0 Å². The molecule has 0 fully saturated rings. The van der Waals surface area contributed by atoms with Gasteiger partial charge in [-0.15, -0.1) is 0 Å². The smallest absolute Gasteiger partial charge is 0.271 e. The van der Waals surface area contributed by atoms with Gasteiger partial charge in [0.15, 0.2) is 5.11 Å². The second-order valence-corrected chi connectivity index (χ2v) is 9.39. The number of hydrogen-bond acceptors (Lipinski definition) is 5. The summed E-state index contributed by atoms with van der Waals surface area (Å²) in [5.41, 5.74) is 0.368. The summed E-state index contributed by atoms with van der Waals surface area (Å²) in [4.78, 5) is 22.9. The number of carbonyl (C=O) groups is 1. The fraction of sp³-hybridized carbons (Fsp3) is 0.176. The molecule has 2 rings (SSSR count). The van der Waals surface area contributed by atoms with E-state index in [4.69, 9.17) is 51.8 Å². The van der Waals surface area contributed by atoms with E-state index in [0.29, 0.717) is 11.3 Å². The topological polar surface area (TPSA) is 106 Å². The maximum atomic E-state index is 12.5. The molecule has 2 aromatic carbocycles. The average molecular weight is 557 g/mol. The monoisotopic (exact) mass is 554 g/mol. The van der Waals surface area contributed by atoms with Crippen molar-refractivity contribution in [3.05, 3.63) is 62.6 Å². The van der Waals surface area contributed by atoms with Crippen LogP contribution in [0.2, 0.25) is 0 Å². The minimum absolute atomic E-state index is 0.0683. The molecule has 0 bridgehead atoms. The molecular weight excluding hydrogens is 543 g/mol. The van der Waals surface area contributed by atoms with Crippen molar-refractivity contribution in [2.24, 2.45) is 0 Å². The highest BCUT2D eigenvalue weighted by Gasteiger charge is 2.35. The number of halogens is 4. The standard InChI is InChI=1S/C17H14BrCl3N4O4S/c1-29-13-7-6-11(25(27)28)8-12(13)22-16(30)24-15(17(19,20)21)23-14(26)9-2-4-10(18)5-3-9/h2-8,15H,1H3,(H,23,26)(H2,22,24,30)/t15-/m0/s1. The molecule has 0 heterocycles. The van der Waals surface area contributed by atoms with Crippen molar-refractivity contribution in [2.75, 3.05) is 12.4 Å². The zero-order chi connectivity index (χ0) is 22.5. The molecule has 30 heavy (non-hydrogen) atoms. The molecule has 8 nitrogen and oxygen atoms in total. The van der Waals surface area contributed by atoms with Gasteiger partial charge < -0.3 is 20.7 Å². The maximum absolute atomic E-state index is 12.5. The van der Waals surface area contributed by atoms with Crippen LogP contribution in [0.4, 0.5) is 11.4 Å². The quantitative estimate of drug-likeness (QED) is 0.155. The second-order valence-electron chi connectivity index (χ2n) is 5.70. The molecular formula is C17H14BrCl3N4O4S. The van der Waals surface area contributed by atoms with E-state index >= 15 is 0 Å². The summed E-state index contributed by atoms with van der Waals surface area (Å²) < 4.78 is 3.99. The molecule has 0 spiro atoms. The molecule has 1 amide bonds. The SMILES string of the molecule is COc1ccc([N+](=O)[O-])cc1NC(=S)N[C@H](NC(=O)c1ccc(Br)cc1)C(Cl)(Cl)Cl. The lowest BCUT2D eigenvalue weighted by Crippen LogP contribution is -2.56. The Morgan fingerprint density at radius 1 is 1.20 bits per heavy atom. The summed E-state index contributed by atoms with van der Waals surface area (Å²) >= 11 is 26.4. The van der Waals surface area contributed by atoms with Crippen molar-refractivity contribution >= 4 is 85.3 Å². The highest BCUT2D eigenvalue weighted by molar-refractivity contribution is 9.10. The van der Waals surface area contributed by atoms with Crippen molar-refractivity contribution in [2.45, 2.75) is 9.96 Å². The van der Waals surface area contributed by atoms with Crippen molar-refractivity contribution < 1.29 is 14.5 Å². The van der Waals surface area contributed by atoms with E-state index in [1.165, 1.54) is 25.3 Å². The van der Waals surface area contributed by atoms with E-state index in [9.17, 15) is 14.9 Å². The van der Waals surface area contributed by atoms with Crippen LogP contribution in [0.1, 0.15) is 10.4 Å². The number of carbonyl (C=O) groups excluding carboxylic acids is 1. The van der Waals surface area contributed by atoms with Gasteiger partial charge in [-0.05, 0) is 42.5 Å². The molecule has 0 saturated heterocycles. The van der Waals surface area contributed by atoms with Crippen molar-refractivity contribution in [3.63, 3.8) is 0 Å². The van der Waals surface area contributed by atoms with E-state index in [2.05, 4.69) is 31.9 Å². The molecule has 0 aromatic heterocycles. The van der Waals surface area contributed by atoms with Crippen LogP contribution in [-0.2, 0) is 0 Å². The Morgan fingerprint density at radius 2 is 1.83 bits per heavy atom. The molecule has 0 aliphatic heterocycles. The van der Waals surface area contributed by atoms with Gasteiger partial charge in [0, 0.05) is 22.2 Å². The average Bonchev–Trinajstić information content (AvgIpc) is 2.67. The van der Waals surface area contributed by atoms with Gasteiger partial charge in [0.25, 0.3) is 11.6 Å². The van der Waals surface area contributed by atoms with E-state index in [1.807, 2.05) is 0 Å². The number of nitrogens with one attached hydrogen (secondary N) is 3. The molecule has 0 radical (unpaired) electrons. The van der Waals surface area contributed by atoms with Crippen LogP contribution in [0.15, 0.2) is 46.9 Å². The number of thiocarbonyl (C=S) groups is 1. The molecule has 13 heteroatoms. The number of rotatable bonds is 6. The molecule has 3 N–H and O–H groups in total. The maximum Gasteiger partial charge on any atom is 0.271 e. The molecule has 0 aliphatic rings. The highest BCUT2D eigenvalue weighted by atomic mass is 79.9. The Hall–Kier alpha value is -1.85.